The van der Waals surface area contributed by atoms with Gasteiger partial charge in [0.05, 0.1) is 7.11 Å². The van der Waals surface area contributed by atoms with Gasteiger partial charge in [-0.1, -0.05) is 15.9 Å². The van der Waals surface area contributed by atoms with Crippen LogP contribution in [0, 0.1) is 12.7 Å². The molecule has 66 valence electrons. The highest BCUT2D eigenvalue weighted by atomic mass is 79.9. The number of alkyl halides is 1. The van der Waals surface area contributed by atoms with Crippen molar-refractivity contribution >= 4 is 15.9 Å². The topological polar surface area (TPSA) is 9.23 Å². The third-order valence-electron chi connectivity index (χ3n) is 1.66. The lowest BCUT2D eigenvalue weighted by Gasteiger charge is -2.08. The molecule has 0 aromatic heterocycles. The summed E-state index contributed by atoms with van der Waals surface area (Å²) >= 11 is 3.27. The summed E-state index contributed by atoms with van der Waals surface area (Å²) in [5.41, 5.74) is 1.67. The molecule has 0 amide bonds. The Morgan fingerprint density at radius 2 is 2.17 bits per heavy atom. The van der Waals surface area contributed by atoms with Crippen molar-refractivity contribution < 1.29 is 9.13 Å². The summed E-state index contributed by atoms with van der Waals surface area (Å²) in [4.78, 5) is 0. The molecule has 0 aliphatic heterocycles. The van der Waals surface area contributed by atoms with Crippen molar-refractivity contribution in [2.75, 3.05) is 7.11 Å². The van der Waals surface area contributed by atoms with E-state index < -0.39 is 0 Å². The van der Waals surface area contributed by atoms with Gasteiger partial charge in [0, 0.05) is 10.9 Å². The van der Waals surface area contributed by atoms with E-state index in [1.165, 1.54) is 12.1 Å². The van der Waals surface area contributed by atoms with Gasteiger partial charge in [0.2, 0.25) is 0 Å². The second-order valence-corrected chi connectivity index (χ2v) is 3.11. The van der Waals surface area contributed by atoms with E-state index in [1.54, 1.807) is 7.11 Å². The van der Waals surface area contributed by atoms with Gasteiger partial charge in [-0.3, -0.25) is 0 Å². The predicted octanol–water partition coefficient (Wildman–Crippen LogP) is 3.04. The van der Waals surface area contributed by atoms with Crippen LogP contribution in [-0.2, 0) is 5.33 Å². The van der Waals surface area contributed by atoms with Crippen LogP contribution in [-0.4, -0.2) is 7.11 Å². The Labute approximate surface area is 79.7 Å². The molecule has 0 aliphatic rings. The summed E-state index contributed by atoms with van der Waals surface area (Å²) in [6.07, 6.45) is 0. The first-order chi connectivity index (χ1) is 5.69. The molecule has 1 nitrogen and oxygen atoms in total. The summed E-state index contributed by atoms with van der Waals surface area (Å²) in [7, 11) is 1.59. The van der Waals surface area contributed by atoms with E-state index in [1.807, 2.05) is 6.92 Å². The average molecular weight is 233 g/mol. The highest BCUT2D eigenvalue weighted by Gasteiger charge is 2.06. The second-order valence-electron chi connectivity index (χ2n) is 2.55. The number of halogens is 2. The molecule has 12 heavy (non-hydrogen) atoms. The Morgan fingerprint density at radius 1 is 1.50 bits per heavy atom. The maximum absolute atomic E-state index is 12.9. The number of hydrogen-bond donors (Lipinski definition) is 0. The lowest BCUT2D eigenvalue weighted by atomic mass is 10.1. The number of hydrogen-bond acceptors (Lipinski definition) is 1. The first-order valence-corrected chi connectivity index (χ1v) is 4.70. The number of aryl methyl sites for hydroxylation is 1. The zero-order valence-electron chi connectivity index (χ0n) is 7.03. The number of methoxy groups -OCH3 is 1. The smallest absolute Gasteiger partial charge is 0.126 e. The van der Waals surface area contributed by atoms with Gasteiger partial charge in [0.25, 0.3) is 0 Å². The molecule has 0 saturated carbocycles. The molecule has 0 aliphatic carbocycles. The highest BCUT2D eigenvalue weighted by molar-refractivity contribution is 9.08. The second kappa shape index (κ2) is 3.90. The van der Waals surface area contributed by atoms with Crippen molar-refractivity contribution in [3.05, 3.63) is 29.1 Å². The SMILES string of the molecule is COc1c(C)cc(F)cc1CBr. The van der Waals surface area contributed by atoms with Crippen LogP contribution < -0.4 is 4.74 Å². The number of ether oxygens (including phenoxy) is 1. The third kappa shape index (κ3) is 1.78. The van der Waals surface area contributed by atoms with Crippen LogP contribution in [0.2, 0.25) is 0 Å². The van der Waals surface area contributed by atoms with E-state index in [0.29, 0.717) is 5.33 Å². The zero-order chi connectivity index (χ0) is 9.14. The summed E-state index contributed by atoms with van der Waals surface area (Å²) in [5.74, 6) is 0.538. The van der Waals surface area contributed by atoms with E-state index in [4.69, 9.17) is 4.74 Å². The standard InChI is InChI=1S/C9H10BrFO/c1-6-3-8(11)4-7(5-10)9(6)12-2/h3-4H,5H2,1-2H3. The maximum Gasteiger partial charge on any atom is 0.126 e. The van der Waals surface area contributed by atoms with Crippen LogP contribution in [0.3, 0.4) is 0 Å². The van der Waals surface area contributed by atoms with Gasteiger partial charge in [0.1, 0.15) is 11.6 Å². The quantitative estimate of drug-likeness (QED) is 0.713. The Bertz CT molecular complexity index is 286. The third-order valence-corrected chi connectivity index (χ3v) is 2.27. The molecule has 1 aromatic rings. The molecule has 0 heterocycles. The summed E-state index contributed by atoms with van der Waals surface area (Å²) < 4.78 is 18.0. The lowest BCUT2D eigenvalue weighted by molar-refractivity contribution is 0.407. The molecule has 0 spiro atoms. The molecule has 0 atom stereocenters. The molecule has 1 rings (SSSR count). The van der Waals surface area contributed by atoms with Gasteiger partial charge in [0.15, 0.2) is 0 Å². The molecular formula is C9H10BrFO. The van der Waals surface area contributed by atoms with Crippen molar-refractivity contribution in [3.63, 3.8) is 0 Å². The monoisotopic (exact) mass is 232 g/mol. The van der Waals surface area contributed by atoms with E-state index in [2.05, 4.69) is 15.9 Å². The summed E-state index contributed by atoms with van der Waals surface area (Å²) in [5, 5.41) is 0.606. The van der Waals surface area contributed by atoms with Crippen LogP contribution in [0.25, 0.3) is 0 Å². The van der Waals surface area contributed by atoms with E-state index in [0.717, 1.165) is 16.9 Å². The van der Waals surface area contributed by atoms with E-state index in [9.17, 15) is 4.39 Å². The molecule has 0 radical (unpaired) electrons. The largest absolute Gasteiger partial charge is 0.496 e. The minimum atomic E-state index is -0.220. The first-order valence-electron chi connectivity index (χ1n) is 3.58. The highest BCUT2D eigenvalue weighted by Crippen LogP contribution is 2.26. The average Bonchev–Trinajstić information content (AvgIpc) is 2.03. The fraction of sp³-hybridized carbons (Fsp3) is 0.333. The summed E-state index contributed by atoms with van der Waals surface area (Å²) in [6.45, 7) is 1.83. The van der Waals surface area contributed by atoms with Crippen LogP contribution in [0.5, 0.6) is 5.75 Å². The van der Waals surface area contributed by atoms with Gasteiger partial charge in [-0.15, -0.1) is 0 Å². The first kappa shape index (κ1) is 9.52. The van der Waals surface area contributed by atoms with Crippen molar-refractivity contribution in [2.24, 2.45) is 0 Å². The number of benzene rings is 1. The summed E-state index contributed by atoms with van der Waals surface area (Å²) in [6, 6.07) is 2.94. The van der Waals surface area contributed by atoms with Crippen molar-refractivity contribution in [2.45, 2.75) is 12.3 Å². The van der Waals surface area contributed by atoms with Gasteiger partial charge in [-0.25, -0.2) is 4.39 Å². The Hall–Kier alpha value is -0.570. The van der Waals surface area contributed by atoms with Crippen molar-refractivity contribution in [3.8, 4) is 5.75 Å². The lowest BCUT2D eigenvalue weighted by Crippen LogP contribution is -1.94. The van der Waals surface area contributed by atoms with Crippen molar-refractivity contribution in [1.29, 1.82) is 0 Å². The number of rotatable bonds is 2. The molecule has 3 heteroatoms. The molecular weight excluding hydrogens is 223 g/mol. The minimum Gasteiger partial charge on any atom is -0.496 e. The molecule has 0 unspecified atom stereocenters. The molecule has 0 N–H and O–H groups in total. The minimum absolute atomic E-state index is 0.220. The van der Waals surface area contributed by atoms with Crippen molar-refractivity contribution in [1.82, 2.24) is 0 Å². The molecule has 0 fully saturated rings. The van der Waals surface area contributed by atoms with E-state index in [-0.39, 0.29) is 5.82 Å². The van der Waals surface area contributed by atoms with Crippen LogP contribution in [0.15, 0.2) is 12.1 Å². The normalized spacial score (nSPS) is 10.0. The van der Waals surface area contributed by atoms with Gasteiger partial charge in [-0.05, 0) is 24.6 Å². The Balaban J connectivity index is 3.24. The Kier molecular flexibility index (Phi) is 3.09. The fourth-order valence-electron chi connectivity index (χ4n) is 1.19. The fourth-order valence-corrected chi connectivity index (χ4v) is 1.61. The van der Waals surface area contributed by atoms with Crippen LogP contribution in [0.4, 0.5) is 4.39 Å². The van der Waals surface area contributed by atoms with Gasteiger partial charge >= 0.3 is 0 Å². The molecule has 1 aromatic carbocycles. The van der Waals surface area contributed by atoms with Crippen LogP contribution >= 0.6 is 15.9 Å². The van der Waals surface area contributed by atoms with Crippen LogP contribution in [0.1, 0.15) is 11.1 Å². The Morgan fingerprint density at radius 3 is 2.67 bits per heavy atom. The maximum atomic E-state index is 12.9. The zero-order valence-corrected chi connectivity index (χ0v) is 8.61. The predicted molar refractivity (Wildman–Crippen MR) is 50.3 cm³/mol. The van der Waals surface area contributed by atoms with Gasteiger partial charge in [-0.2, -0.15) is 0 Å². The van der Waals surface area contributed by atoms with Gasteiger partial charge < -0.3 is 4.74 Å². The molecule has 0 saturated heterocycles. The molecule has 0 bridgehead atoms. The van der Waals surface area contributed by atoms with E-state index >= 15 is 0 Å².